The van der Waals surface area contributed by atoms with E-state index in [-0.39, 0.29) is 11.9 Å². The average molecular weight is 341 g/mol. The van der Waals surface area contributed by atoms with E-state index in [1.807, 2.05) is 49.1 Å². The Morgan fingerprint density at radius 2 is 1.96 bits per heavy atom. The minimum absolute atomic E-state index is 0.157. The standard InChI is InChI=1S/C20H27N3O2/c1-14-9-11-23(12-10-14)20(24)19(17-7-5-4-6-8-17)21-13-18-15(2)22-25-16(18)3/h4-8,14,19,21H,9-13H2,1-3H3/t19-/m0/s1. The van der Waals surface area contributed by atoms with Crippen molar-refractivity contribution in [2.24, 2.45) is 5.92 Å². The molecule has 5 heteroatoms. The summed E-state index contributed by atoms with van der Waals surface area (Å²) >= 11 is 0. The van der Waals surface area contributed by atoms with Crippen molar-refractivity contribution in [3.63, 3.8) is 0 Å². The van der Waals surface area contributed by atoms with E-state index in [0.717, 1.165) is 48.5 Å². The molecule has 134 valence electrons. The zero-order valence-corrected chi connectivity index (χ0v) is 15.3. The first-order valence-corrected chi connectivity index (χ1v) is 9.05. The number of nitrogens with zero attached hydrogens (tertiary/aromatic N) is 2. The number of nitrogens with one attached hydrogen (secondary N) is 1. The minimum Gasteiger partial charge on any atom is -0.361 e. The van der Waals surface area contributed by atoms with Crippen LogP contribution < -0.4 is 5.32 Å². The molecule has 2 aromatic rings. The van der Waals surface area contributed by atoms with Crippen molar-refractivity contribution in [3.8, 4) is 0 Å². The maximum atomic E-state index is 13.2. The monoisotopic (exact) mass is 341 g/mol. The van der Waals surface area contributed by atoms with Crippen molar-refractivity contribution in [2.75, 3.05) is 13.1 Å². The Hall–Kier alpha value is -2.14. The zero-order valence-electron chi connectivity index (χ0n) is 15.3. The first-order valence-electron chi connectivity index (χ1n) is 9.05. The molecule has 1 aliphatic heterocycles. The van der Waals surface area contributed by atoms with Gasteiger partial charge in [0.2, 0.25) is 5.91 Å². The molecule has 1 atom stereocenters. The van der Waals surface area contributed by atoms with Gasteiger partial charge >= 0.3 is 0 Å². The smallest absolute Gasteiger partial charge is 0.244 e. The van der Waals surface area contributed by atoms with Crippen molar-refractivity contribution in [2.45, 2.75) is 46.2 Å². The lowest BCUT2D eigenvalue weighted by atomic mass is 9.97. The molecule has 1 aliphatic rings. The second-order valence-electron chi connectivity index (χ2n) is 7.04. The number of piperidine rings is 1. The number of amides is 1. The molecule has 0 spiro atoms. The van der Waals surface area contributed by atoms with E-state index in [0.29, 0.717) is 12.5 Å². The molecule has 25 heavy (non-hydrogen) atoms. The first-order chi connectivity index (χ1) is 12.1. The number of carbonyl (C=O) groups excluding carboxylic acids is 1. The summed E-state index contributed by atoms with van der Waals surface area (Å²) in [6.45, 7) is 8.34. The molecule has 1 aromatic carbocycles. The summed E-state index contributed by atoms with van der Waals surface area (Å²) < 4.78 is 5.24. The van der Waals surface area contributed by atoms with E-state index < -0.39 is 0 Å². The Morgan fingerprint density at radius 1 is 1.28 bits per heavy atom. The van der Waals surface area contributed by atoms with Crippen LogP contribution in [0.3, 0.4) is 0 Å². The van der Waals surface area contributed by atoms with E-state index >= 15 is 0 Å². The van der Waals surface area contributed by atoms with Crippen LogP contribution in [-0.2, 0) is 11.3 Å². The number of hydrogen-bond acceptors (Lipinski definition) is 4. The van der Waals surface area contributed by atoms with Crippen LogP contribution in [0.2, 0.25) is 0 Å². The van der Waals surface area contributed by atoms with Crippen molar-refractivity contribution >= 4 is 5.91 Å². The van der Waals surface area contributed by atoms with E-state index in [1.54, 1.807) is 0 Å². The topological polar surface area (TPSA) is 58.4 Å². The average Bonchev–Trinajstić information content (AvgIpc) is 2.95. The van der Waals surface area contributed by atoms with Gasteiger partial charge in [0.25, 0.3) is 0 Å². The number of benzene rings is 1. The highest BCUT2D eigenvalue weighted by molar-refractivity contribution is 5.83. The molecular weight excluding hydrogens is 314 g/mol. The molecule has 0 radical (unpaired) electrons. The number of likely N-dealkylation sites (tertiary alicyclic amines) is 1. The fraction of sp³-hybridized carbons (Fsp3) is 0.500. The number of rotatable bonds is 5. The Labute approximate surface area is 149 Å². The summed E-state index contributed by atoms with van der Waals surface area (Å²) in [5.41, 5.74) is 2.90. The molecular formula is C20H27N3O2. The molecule has 1 amide bonds. The van der Waals surface area contributed by atoms with Gasteiger partial charge in [0, 0.05) is 25.2 Å². The minimum atomic E-state index is -0.344. The lowest BCUT2D eigenvalue weighted by Gasteiger charge is -2.33. The maximum Gasteiger partial charge on any atom is 0.244 e. The van der Waals surface area contributed by atoms with Gasteiger partial charge in [0.1, 0.15) is 11.8 Å². The predicted octanol–water partition coefficient (Wildman–Crippen LogP) is 3.38. The van der Waals surface area contributed by atoms with Crippen molar-refractivity contribution < 1.29 is 9.32 Å². The molecule has 0 bridgehead atoms. The van der Waals surface area contributed by atoms with E-state index in [9.17, 15) is 4.79 Å². The summed E-state index contributed by atoms with van der Waals surface area (Å²) in [7, 11) is 0. The van der Waals surface area contributed by atoms with Crippen LogP contribution >= 0.6 is 0 Å². The van der Waals surface area contributed by atoms with Gasteiger partial charge in [-0.3, -0.25) is 10.1 Å². The molecule has 0 aliphatic carbocycles. The molecule has 2 heterocycles. The molecule has 5 nitrogen and oxygen atoms in total. The third kappa shape index (κ3) is 4.10. The van der Waals surface area contributed by atoms with Crippen molar-refractivity contribution in [1.82, 2.24) is 15.4 Å². The van der Waals surface area contributed by atoms with Crippen molar-refractivity contribution in [1.29, 1.82) is 0 Å². The predicted molar refractivity (Wildman–Crippen MR) is 97.0 cm³/mol. The summed E-state index contributed by atoms with van der Waals surface area (Å²) in [5.74, 6) is 1.66. The number of aromatic nitrogens is 1. The molecule has 1 saturated heterocycles. The SMILES string of the molecule is Cc1noc(C)c1CN[C@H](C(=O)N1CCC(C)CC1)c1ccccc1. The van der Waals surface area contributed by atoms with Gasteiger partial charge in [-0.05, 0) is 38.2 Å². The maximum absolute atomic E-state index is 13.2. The van der Waals surface area contributed by atoms with E-state index in [2.05, 4.69) is 17.4 Å². The quantitative estimate of drug-likeness (QED) is 0.906. The van der Waals surface area contributed by atoms with Gasteiger partial charge < -0.3 is 9.42 Å². The number of hydrogen-bond donors (Lipinski definition) is 1. The molecule has 1 aromatic heterocycles. The lowest BCUT2D eigenvalue weighted by molar-refractivity contribution is -0.135. The lowest BCUT2D eigenvalue weighted by Crippen LogP contribution is -2.44. The van der Waals surface area contributed by atoms with Gasteiger partial charge in [0.15, 0.2) is 0 Å². The highest BCUT2D eigenvalue weighted by Crippen LogP contribution is 2.23. The largest absolute Gasteiger partial charge is 0.361 e. The number of aryl methyl sites for hydroxylation is 2. The van der Waals surface area contributed by atoms with E-state index in [1.165, 1.54) is 0 Å². The zero-order chi connectivity index (χ0) is 17.8. The summed E-state index contributed by atoms with van der Waals surface area (Å²) in [6, 6.07) is 9.60. The highest BCUT2D eigenvalue weighted by atomic mass is 16.5. The Balaban J connectivity index is 1.77. The first kappa shape index (κ1) is 17.7. The van der Waals surface area contributed by atoms with Crippen LogP contribution in [0.15, 0.2) is 34.9 Å². The molecule has 3 rings (SSSR count). The summed E-state index contributed by atoms with van der Waals surface area (Å²) in [6.07, 6.45) is 2.16. The molecule has 0 unspecified atom stereocenters. The van der Waals surface area contributed by atoms with Crippen LogP contribution in [0.5, 0.6) is 0 Å². The van der Waals surface area contributed by atoms with Crippen LogP contribution in [0, 0.1) is 19.8 Å². The second-order valence-corrected chi connectivity index (χ2v) is 7.04. The van der Waals surface area contributed by atoms with E-state index in [4.69, 9.17) is 4.52 Å². The summed E-state index contributed by atoms with van der Waals surface area (Å²) in [5, 5.41) is 7.44. The van der Waals surface area contributed by atoms with Crippen molar-refractivity contribution in [3.05, 3.63) is 52.9 Å². The van der Waals surface area contributed by atoms with Gasteiger partial charge in [-0.2, -0.15) is 0 Å². The highest BCUT2D eigenvalue weighted by Gasteiger charge is 2.28. The molecule has 1 N–H and O–H groups in total. The Bertz CT molecular complexity index is 683. The summed E-state index contributed by atoms with van der Waals surface area (Å²) in [4.78, 5) is 15.2. The third-order valence-electron chi connectivity index (χ3n) is 5.14. The van der Waals surface area contributed by atoms with Crippen LogP contribution in [-0.4, -0.2) is 29.1 Å². The van der Waals surface area contributed by atoms with Crippen LogP contribution in [0.1, 0.15) is 48.4 Å². The molecule has 1 fully saturated rings. The fourth-order valence-electron chi connectivity index (χ4n) is 3.36. The third-order valence-corrected chi connectivity index (χ3v) is 5.14. The van der Waals surface area contributed by atoms with Crippen LogP contribution in [0.25, 0.3) is 0 Å². The van der Waals surface area contributed by atoms with Crippen LogP contribution in [0.4, 0.5) is 0 Å². The van der Waals surface area contributed by atoms with Gasteiger partial charge in [-0.15, -0.1) is 0 Å². The number of carbonyl (C=O) groups is 1. The Morgan fingerprint density at radius 3 is 2.56 bits per heavy atom. The normalized spacial score (nSPS) is 16.8. The second kappa shape index (κ2) is 7.83. The Kier molecular flexibility index (Phi) is 5.53. The van der Waals surface area contributed by atoms with Gasteiger partial charge in [0.05, 0.1) is 5.69 Å². The fourth-order valence-corrected chi connectivity index (χ4v) is 3.36. The van der Waals surface area contributed by atoms with Gasteiger partial charge in [-0.25, -0.2) is 0 Å². The molecule has 0 saturated carbocycles. The van der Waals surface area contributed by atoms with Gasteiger partial charge in [-0.1, -0.05) is 42.4 Å².